The van der Waals surface area contributed by atoms with Gasteiger partial charge >= 0.3 is 0 Å². The van der Waals surface area contributed by atoms with E-state index in [2.05, 4.69) is 0 Å². The minimum absolute atomic E-state index is 0.123. The standard InChI is InChI=1S/C14H19NO3S/c1-11-7-5-6-10-15(11)14(16)12-8-3-4-9-13(12)19(2,17)18/h3-4,8-9,11H,5-7,10H2,1-2H3/t11-/m0/s1. The molecule has 2 rings (SSSR count). The van der Waals surface area contributed by atoms with Crippen LogP contribution in [0.5, 0.6) is 0 Å². The van der Waals surface area contributed by atoms with Crippen LogP contribution in [0.25, 0.3) is 0 Å². The van der Waals surface area contributed by atoms with Crippen LogP contribution in [-0.2, 0) is 9.84 Å². The Balaban J connectivity index is 2.39. The number of carbonyl (C=O) groups excluding carboxylic acids is 1. The molecule has 0 radical (unpaired) electrons. The molecule has 0 aliphatic carbocycles. The summed E-state index contributed by atoms with van der Waals surface area (Å²) in [6, 6.07) is 6.62. The number of hydrogen-bond donors (Lipinski definition) is 0. The molecule has 104 valence electrons. The lowest BCUT2D eigenvalue weighted by Gasteiger charge is -2.33. The van der Waals surface area contributed by atoms with E-state index in [1.165, 1.54) is 6.07 Å². The van der Waals surface area contributed by atoms with Gasteiger partial charge in [0.05, 0.1) is 10.5 Å². The van der Waals surface area contributed by atoms with E-state index in [4.69, 9.17) is 0 Å². The minimum Gasteiger partial charge on any atom is -0.336 e. The van der Waals surface area contributed by atoms with Crippen molar-refractivity contribution < 1.29 is 13.2 Å². The predicted molar refractivity (Wildman–Crippen MR) is 73.9 cm³/mol. The third kappa shape index (κ3) is 2.97. The molecule has 0 N–H and O–H groups in total. The van der Waals surface area contributed by atoms with Gasteiger partial charge in [-0.05, 0) is 38.3 Å². The fourth-order valence-electron chi connectivity index (χ4n) is 2.52. The van der Waals surface area contributed by atoms with Crippen LogP contribution in [0.4, 0.5) is 0 Å². The molecule has 0 aromatic heterocycles. The van der Waals surface area contributed by atoms with Crippen molar-refractivity contribution >= 4 is 15.7 Å². The van der Waals surface area contributed by atoms with E-state index < -0.39 is 9.84 Å². The first-order valence-corrected chi connectivity index (χ1v) is 8.40. The van der Waals surface area contributed by atoms with Gasteiger partial charge in [0.2, 0.25) is 0 Å². The quantitative estimate of drug-likeness (QED) is 0.834. The van der Waals surface area contributed by atoms with Crippen LogP contribution in [0.1, 0.15) is 36.5 Å². The molecule has 19 heavy (non-hydrogen) atoms. The number of carbonyl (C=O) groups is 1. The van der Waals surface area contributed by atoms with Crippen molar-refractivity contribution in [1.82, 2.24) is 4.90 Å². The van der Waals surface area contributed by atoms with Crippen LogP contribution in [0.2, 0.25) is 0 Å². The lowest BCUT2D eigenvalue weighted by Crippen LogP contribution is -2.42. The van der Waals surface area contributed by atoms with Crippen LogP contribution in [0.15, 0.2) is 29.2 Å². The molecule has 0 spiro atoms. The Kier molecular flexibility index (Phi) is 3.94. The molecule has 1 aliphatic rings. The van der Waals surface area contributed by atoms with E-state index in [9.17, 15) is 13.2 Å². The molecule has 0 unspecified atom stereocenters. The van der Waals surface area contributed by atoms with E-state index >= 15 is 0 Å². The second kappa shape index (κ2) is 5.33. The summed E-state index contributed by atoms with van der Waals surface area (Å²) >= 11 is 0. The second-order valence-corrected chi connectivity index (χ2v) is 7.10. The summed E-state index contributed by atoms with van der Waals surface area (Å²) in [7, 11) is -3.38. The first kappa shape index (κ1) is 14.1. The summed E-state index contributed by atoms with van der Waals surface area (Å²) in [5.74, 6) is -0.173. The fourth-order valence-corrected chi connectivity index (χ4v) is 3.40. The van der Waals surface area contributed by atoms with Crippen molar-refractivity contribution in [2.75, 3.05) is 12.8 Å². The van der Waals surface area contributed by atoms with Crippen molar-refractivity contribution in [3.8, 4) is 0 Å². The highest BCUT2D eigenvalue weighted by Gasteiger charge is 2.27. The summed E-state index contributed by atoms with van der Waals surface area (Å²) in [6.07, 6.45) is 4.22. The Morgan fingerprint density at radius 2 is 1.95 bits per heavy atom. The maximum atomic E-state index is 12.5. The molecule has 1 aromatic rings. The number of sulfone groups is 1. The maximum Gasteiger partial charge on any atom is 0.255 e. The molecule has 0 saturated carbocycles. The van der Waals surface area contributed by atoms with Crippen molar-refractivity contribution in [2.45, 2.75) is 37.1 Å². The van der Waals surface area contributed by atoms with Gasteiger partial charge in [-0.3, -0.25) is 4.79 Å². The van der Waals surface area contributed by atoms with Gasteiger partial charge in [-0.15, -0.1) is 0 Å². The molecule has 4 nitrogen and oxygen atoms in total. The zero-order chi connectivity index (χ0) is 14.0. The molecule has 1 atom stereocenters. The van der Waals surface area contributed by atoms with E-state index in [0.717, 1.165) is 25.5 Å². The van der Waals surface area contributed by atoms with Crippen molar-refractivity contribution in [1.29, 1.82) is 0 Å². The Labute approximate surface area is 114 Å². The van der Waals surface area contributed by atoms with Gasteiger partial charge in [-0.25, -0.2) is 8.42 Å². The fraction of sp³-hybridized carbons (Fsp3) is 0.500. The largest absolute Gasteiger partial charge is 0.336 e. The Morgan fingerprint density at radius 1 is 1.26 bits per heavy atom. The molecule has 1 amide bonds. The molecular formula is C14H19NO3S. The molecule has 1 saturated heterocycles. The average Bonchev–Trinajstić information content (AvgIpc) is 2.37. The van der Waals surface area contributed by atoms with Crippen LogP contribution in [0.3, 0.4) is 0 Å². The first-order valence-electron chi connectivity index (χ1n) is 6.51. The summed E-state index contributed by atoms with van der Waals surface area (Å²) in [4.78, 5) is 14.4. The van der Waals surface area contributed by atoms with Gasteiger partial charge in [0, 0.05) is 18.8 Å². The van der Waals surface area contributed by atoms with Crippen LogP contribution in [-0.4, -0.2) is 38.1 Å². The summed E-state index contributed by atoms with van der Waals surface area (Å²) in [5.41, 5.74) is 0.291. The number of likely N-dealkylation sites (tertiary alicyclic amines) is 1. The Bertz CT molecular complexity index is 580. The molecule has 1 heterocycles. The van der Waals surface area contributed by atoms with Crippen molar-refractivity contribution in [3.05, 3.63) is 29.8 Å². The number of amides is 1. The van der Waals surface area contributed by atoms with E-state index in [1.54, 1.807) is 23.1 Å². The average molecular weight is 281 g/mol. The topological polar surface area (TPSA) is 54.5 Å². The third-order valence-electron chi connectivity index (χ3n) is 3.58. The van der Waals surface area contributed by atoms with E-state index in [-0.39, 0.29) is 16.8 Å². The molecule has 0 bridgehead atoms. The minimum atomic E-state index is -3.38. The SMILES string of the molecule is C[C@H]1CCCCN1C(=O)c1ccccc1S(C)(=O)=O. The van der Waals surface area contributed by atoms with Gasteiger partial charge < -0.3 is 4.90 Å². The monoisotopic (exact) mass is 281 g/mol. The van der Waals surface area contributed by atoms with E-state index in [0.29, 0.717) is 12.1 Å². The molecular weight excluding hydrogens is 262 g/mol. The Morgan fingerprint density at radius 3 is 2.58 bits per heavy atom. The van der Waals surface area contributed by atoms with Crippen molar-refractivity contribution in [2.24, 2.45) is 0 Å². The van der Waals surface area contributed by atoms with Gasteiger partial charge in [-0.1, -0.05) is 12.1 Å². The molecule has 1 aliphatic heterocycles. The summed E-state index contributed by atoms with van der Waals surface area (Å²) < 4.78 is 23.5. The number of rotatable bonds is 2. The molecule has 1 aromatic carbocycles. The summed E-state index contributed by atoms with van der Waals surface area (Å²) in [5, 5.41) is 0. The van der Waals surface area contributed by atoms with Gasteiger partial charge in [0.15, 0.2) is 9.84 Å². The van der Waals surface area contributed by atoms with Crippen LogP contribution >= 0.6 is 0 Å². The molecule has 1 fully saturated rings. The number of hydrogen-bond acceptors (Lipinski definition) is 3. The Hall–Kier alpha value is -1.36. The van der Waals surface area contributed by atoms with E-state index in [1.807, 2.05) is 6.92 Å². The van der Waals surface area contributed by atoms with Gasteiger partial charge in [0.25, 0.3) is 5.91 Å². The zero-order valence-electron chi connectivity index (χ0n) is 11.3. The van der Waals surface area contributed by atoms with Gasteiger partial charge in [-0.2, -0.15) is 0 Å². The van der Waals surface area contributed by atoms with Gasteiger partial charge in [0.1, 0.15) is 0 Å². The number of nitrogens with zero attached hydrogens (tertiary/aromatic N) is 1. The predicted octanol–water partition coefficient (Wildman–Crippen LogP) is 2.10. The third-order valence-corrected chi connectivity index (χ3v) is 4.74. The highest BCUT2D eigenvalue weighted by Crippen LogP contribution is 2.22. The smallest absolute Gasteiger partial charge is 0.255 e. The lowest BCUT2D eigenvalue weighted by atomic mass is 10.0. The first-order chi connectivity index (χ1) is 8.91. The zero-order valence-corrected chi connectivity index (χ0v) is 12.1. The summed E-state index contributed by atoms with van der Waals surface area (Å²) in [6.45, 7) is 2.72. The number of piperidine rings is 1. The maximum absolute atomic E-state index is 12.5. The molecule has 5 heteroatoms. The van der Waals surface area contributed by atoms with Crippen LogP contribution < -0.4 is 0 Å². The highest BCUT2D eigenvalue weighted by molar-refractivity contribution is 7.90. The number of benzene rings is 1. The van der Waals surface area contributed by atoms with Crippen molar-refractivity contribution in [3.63, 3.8) is 0 Å². The van der Waals surface area contributed by atoms with Crippen LogP contribution in [0, 0.1) is 0 Å². The second-order valence-electron chi connectivity index (χ2n) is 5.11. The normalized spacial score (nSPS) is 20.3. The lowest BCUT2D eigenvalue weighted by molar-refractivity contribution is 0.0631. The highest BCUT2D eigenvalue weighted by atomic mass is 32.2.